The summed E-state index contributed by atoms with van der Waals surface area (Å²) in [5, 5.41) is 8.15. The minimum absolute atomic E-state index is 0.491. The van der Waals surface area contributed by atoms with Gasteiger partial charge < -0.3 is 20.1 Å². The van der Waals surface area contributed by atoms with Gasteiger partial charge in [0.1, 0.15) is 28.9 Å². The lowest BCUT2D eigenvalue weighted by Gasteiger charge is -2.12. The largest absolute Gasteiger partial charge is 0.493 e. The van der Waals surface area contributed by atoms with Crippen molar-refractivity contribution in [2.24, 2.45) is 0 Å². The number of fused-ring (bicyclic) bond motifs is 5. The average Bonchev–Trinajstić information content (AvgIpc) is 2.83. The number of pyridine rings is 4. The molecule has 4 aromatic heterocycles. The fourth-order valence-electron chi connectivity index (χ4n) is 3.48. The first-order chi connectivity index (χ1) is 16.2. The van der Waals surface area contributed by atoms with Gasteiger partial charge >= 0.3 is 0 Å². The topological polar surface area (TPSA) is 94.1 Å². The van der Waals surface area contributed by atoms with E-state index in [9.17, 15) is 0 Å². The number of aryl methyl sites for hydroxylation is 1. The summed E-state index contributed by atoms with van der Waals surface area (Å²) in [5.74, 6) is 9.69. The summed E-state index contributed by atoms with van der Waals surface area (Å²) in [7, 11) is 1.83. The first kappa shape index (κ1) is 20.5. The molecule has 0 unspecified atom stereocenters. The van der Waals surface area contributed by atoms with E-state index in [-0.39, 0.29) is 0 Å². The molecule has 0 radical (unpaired) electrons. The Kier molecular flexibility index (Phi) is 5.60. The predicted molar refractivity (Wildman–Crippen MR) is 127 cm³/mol. The molecule has 0 atom stereocenters. The maximum atomic E-state index is 5.95. The Hall–Kier alpha value is -4.38. The molecule has 0 aliphatic carbocycles. The number of anilines is 3. The van der Waals surface area contributed by atoms with Crippen LogP contribution in [0.1, 0.15) is 23.2 Å². The summed E-state index contributed by atoms with van der Waals surface area (Å²) in [5.41, 5.74) is 2.35. The van der Waals surface area contributed by atoms with Crippen molar-refractivity contribution in [3.8, 4) is 23.5 Å². The van der Waals surface area contributed by atoms with Crippen molar-refractivity contribution in [3.05, 3.63) is 65.7 Å². The minimum atomic E-state index is 0.491. The summed E-state index contributed by atoms with van der Waals surface area (Å²) in [6, 6.07) is 9.40. The summed E-state index contributed by atoms with van der Waals surface area (Å²) < 4.78 is 11.8. The molecule has 1 aliphatic heterocycles. The van der Waals surface area contributed by atoms with E-state index in [0.717, 1.165) is 33.5 Å². The van der Waals surface area contributed by atoms with Crippen molar-refractivity contribution in [3.63, 3.8) is 0 Å². The van der Waals surface area contributed by atoms with E-state index in [4.69, 9.17) is 9.47 Å². The Labute approximate surface area is 191 Å². The van der Waals surface area contributed by atoms with Crippen molar-refractivity contribution in [2.45, 2.75) is 13.3 Å². The molecule has 2 N–H and O–H groups in total. The Morgan fingerprint density at radius 2 is 1.85 bits per heavy atom. The third kappa shape index (κ3) is 4.48. The van der Waals surface area contributed by atoms with Gasteiger partial charge in [0.25, 0.3) is 0 Å². The molecule has 0 aromatic carbocycles. The standard InChI is InChI=1S/C25H22N6O2/c1-16-13-27-18-8-7-17-14-29-25(26-2)20-15-28-23(12-19(17)20)30-22-5-3-6-24(31-22)33-10-4-9-32-21(16)11-18/h3,5-6,11-15H,4,9-10H2,1-2H3,(H,26,29)(H,28,30,31). The second-order valence-electron chi connectivity index (χ2n) is 7.51. The molecular weight excluding hydrogens is 416 g/mol. The molecule has 0 saturated carbocycles. The maximum absolute atomic E-state index is 5.95. The first-order valence-electron chi connectivity index (χ1n) is 10.6. The van der Waals surface area contributed by atoms with Gasteiger partial charge in [0, 0.05) is 60.5 Å². The van der Waals surface area contributed by atoms with Gasteiger partial charge in [0.2, 0.25) is 5.88 Å². The van der Waals surface area contributed by atoms with Crippen molar-refractivity contribution in [2.75, 3.05) is 30.9 Å². The fraction of sp³-hybridized carbons (Fsp3) is 0.200. The number of nitrogens with zero attached hydrogens (tertiary/aromatic N) is 4. The molecule has 1 aliphatic rings. The van der Waals surface area contributed by atoms with E-state index < -0.39 is 0 Å². The SMILES string of the molecule is CNc1ncc2c3cc(ncc13)Nc1cccc(n1)OCCCOc1cc(ncc1C)C#C2. The van der Waals surface area contributed by atoms with Crippen LogP contribution >= 0.6 is 0 Å². The summed E-state index contributed by atoms with van der Waals surface area (Å²) in [6.45, 7) is 2.97. The van der Waals surface area contributed by atoms with Crippen LogP contribution in [0.5, 0.6) is 11.6 Å². The molecule has 0 saturated heterocycles. The zero-order valence-corrected chi connectivity index (χ0v) is 18.3. The Morgan fingerprint density at radius 1 is 0.939 bits per heavy atom. The Bertz CT molecular complexity index is 1390. The highest BCUT2D eigenvalue weighted by Crippen LogP contribution is 2.27. The second kappa shape index (κ2) is 9.01. The van der Waals surface area contributed by atoms with Crippen LogP contribution in [-0.2, 0) is 0 Å². The van der Waals surface area contributed by atoms with Gasteiger partial charge in [-0.1, -0.05) is 12.0 Å². The molecule has 0 fully saturated rings. The average molecular weight is 438 g/mol. The Morgan fingerprint density at radius 3 is 2.76 bits per heavy atom. The van der Waals surface area contributed by atoms with E-state index in [1.54, 1.807) is 18.6 Å². The zero-order chi connectivity index (χ0) is 22.6. The lowest BCUT2D eigenvalue weighted by molar-refractivity contribution is 0.241. The monoisotopic (exact) mass is 438 g/mol. The van der Waals surface area contributed by atoms with Crippen molar-refractivity contribution < 1.29 is 9.47 Å². The normalized spacial score (nSPS) is 12.9. The molecule has 33 heavy (non-hydrogen) atoms. The van der Waals surface area contributed by atoms with Crippen LogP contribution in [0.3, 0.4) is 0 Å². The molecule has 4 aromatic rings. The molecule has 0 spiro atoms. The van der Waals surface area contributed by atoms with Crippen LogP contribution in [0.15, 0.2) is 48.9 Å². The minimum Gasteiger partial charge on any atom is -0.493 e. The lowest BCUT2D eigenvalue weighted by Crippen LogP contribution is -2.07. The molecule has 5 rings (SSSR count). The smallest absolute Gasteiger partial charge is 0.215 e. The third-order valence-electron chi connectivity index (χ3n) is 5.16. The number of rotatable bonds is 1. The van der Waals surface area contributed by atoms with Crippen molar-refractivity contribution >= 4 is 28.2 Å². The van der Waals surface area contributed by atoms with Crippen LogP contribution in [-0.4, -0.2) is 40.2 Å². The lowest BCUT2D eigenvalue weighted by atomic mass is 10.1. The third-order valence-corrected chi connectivity index (χ3v) is 5.16. The van der Waals surface area contributed by atoms with Crippen LogP contribution < -0.4 is 20.1 Å². The molecule has 164 valence electrons. The molecule has 6 bridgehead atoms. The number of aromatic nitrogens is 4. The highest BCUT2D eigenvalue weighted by molar-refractivity contribution is 5.96. The summed E-state index contributed by atoms with van der Waals surface area (Å²) in [6.07, 6.45) is 6.02. The van der Waals surface area contributed by atoms with Gasteiger partial charge in [-0.25, -0.2) is 15.0 Å². The van der Waals surface area contributed by atoms with Crippen molar-refractivity contribution in [1.82, 2.24) is 19.9 Å². The van der Waals surface area contributed by atoms with E-state index in [1.807, 2.05) is 44.3 Å². The van der Waals surface area contributed by atoms with Crippen LogP contribution in [0.25, 0.3) is 10.8 Å². The van der Waals surface area contributed by atoms with Crippen LogP contribution in [0, 0.1) is 18.8 Å². The van der Waals surface area contributed by atoms with E-state index in [0.29, 0.717) is 42.8 Å². The van der Waals surface area contributed by atoms with Gasteiger partial charge in [-0.15, -0.1) is 0 Å². The quantitative estimate of drug-likeness (QED) is 0.430. The number of nitrogens with one attached hydrogen (secondary N) is 2. The highest BCUT2D eigenvalue weighted by atomic mass is 16.5. The Balaban J connectivity index is 1.64. The van der Waals surface area contributed by atoms with Gasteiger partial charge in [0.15, 0.2) is 0 Å². The van der Waals surface area contributed by atoms with Gasteiger partial charge in [-0.05, 0) is 25.0 Å². The molecule has 8 nitrogen and oxygen atoms in total. The van der Waals surface area contributed by atoms with E-state index >= 15 is 0 Å². The number of ether oxygens (including phenoxy) is 2. The van der Waals surface area contributed by atoms with Crippen molar-refractivity contribution in [1.29, 1.82) is 0 Å². The van der Waals surface area contributed by atoms with Crippen LogP contribution in [0.4, 0.5) is 17.5 Å². The molecule has 8 heteroatoms. The molecule has 0 amide bonds. The van der Waals surface area contributed by atoms with Gasteiger partial charge in [-0.2, -0.15) is 4.98 Å². The molecule has 5 heterocycles. The number of hydrogen-bond acceptors (Lipinski definition) is 8. The fourth-order valence-corrected chi connectivity index (χ4v) is 3.48. The number of hydrogen-bond donors (Lipinski definition) is 2. The van der Waals surface area contributed by atoms with E-state index in [2.05, 4.69) is 42.4 Å². The maximum Gasteiger partial charge on any atom is 0.215 e. The predicted octanol–water partition coefficient (Wildman–Crippen LogP) is 4.07. The molecular formula is C25H22N6O2. The van der Waals surface area contributed by atoms with Gasteiger partial charge in [-0.3, -0.25) is 0 Å². The summed E-state index contributed by atoms with van der Waals surface area (Å²) >= 11 is 0. The highest BCUT2D eigenvalue weighted by Gasteiger charge is 2.10. The van der Waals surface area contributed by atoms with Gasteiger partial charge in [0.05, 0.1) is 18.8 Å². The van der Waals surface area contributed by atoms with E-state index in [1.165, 1.54) is 0 Å². The summed E-state index contributed by atoms with van der Waals surface area (Å²) in [4.78, 5) is 18.0. The zero-order valence-electron chi connectivity index (χ0n) is 18.3. The first-order valence-corrected chi connectivity index (χ1v) is 10.6. The second-order valence-corrected chi connectivity index (χ2v) is 7.51. The van der Waals surface area contributed by atoms with Crippen LogP contribution in [0.2, 0.25) is 0 Å².